The number of hydrogen-bond donors (Lipinski definition) is 4. The summed E-state index contributed by atoms with van der Waals surface area (Å²) < 4.78 is 12.5. The van der Waals surface area contributed by atoms with E-state index in [1.807, 2.05) is 48.5 Å². The van der Waals surface area contributed by atoms with Crippen molar-refractivity contribution in [3.63, 3.8) is 0 Å². The van der Waals surface area contributed by atoms with Gasteiger partial charge >= 0.3 is 0 Å². The minimum Gasteiger partial charge on any atom is -0.497 e. The second-order valence-electron chi connectivity index (χ2n) is 14.9. The van der Waals surface area contributed by atoms with Gasteiger partial charge in [-0.25, -0.2) is 0 Å². The average Bonchev–Trinajstić information content (AvgIpc) is 3.59. The number of methoxy groups -OCH3 is 1. The Bertz CT molecular complexity index is 1780. The molecular formula is C39H48N4O6Si. The molecule has 4 aliphatic heterocycles. The summed E-state index contributed by atoms with van der Waals surface area (Å²) in [6.07, 6.45) is 1.88. The van der Waals surface area contributed by atoms with Gasteiger partial charge in [-0.15, -0.1) is 0 Å². The third kappa shape index (κ3) is 5.93. The number of rotatable bonds is 8. The molecule has 4 aliphatic rings. The zero-order chi connectivity index (χ0) is 35.2. The second-order valence-corrected chi connectivity index (χ2v) is 19.6. The highest BCUT2D eigenvalue weighted by atomic mass is 28.3. The van der Waals surface area contributed by atoms with Crippen LogP contribution in [-0.4, -0.2) is 74.8 Å². The van der Waals surface area contributed by atoms with E-state index in [0.717, 1.165) is 36.3 Å². The number of aliphatic hydroxyl groups excluding tert-OH is 1. The van der Waals surface area contributed by atoms with Crippen molar-refractivity contribution >= 4 is 42.4 Å². The fourth-order valence-electron chi connectivity index (χ4n) is 9.06. The smallest absolute Gasteiger partial charge is 0.261 e. The van der Waals surface area contributed by atoms with Crippen LogP contribution < -0.4 is 25.9 Å². The van der Waals surface area contributed by atoms with Crippen LogP contribution in [0.4, 0.5) is 11.4 Å². The molecule has 1 spiro atoms. The van der Waals surface area contributed by atoms with Crippen molar-refractivity contribution in [2.75, 3.05) is 37.4 Å². The number of ether oxygens (including phenoxy) is 2. The lowest BCUT2D eigenvalue weighted by Gasteiger charge is -2.39. The van der Waals surface area contributed by atoms with Crippen LogP contribution in [-0.2, 0) is 37.7 Å². The van der Waals surface area contributed by atoms with E-state index in [2.05, 4.69) is 54.2 Å². The van der Waals surface area contributed by atoms with Gasteiger partial charge in [0, 0.05) is 35.9 Å². The van der Waals surface area contributed by atoms with Crippen molar-refractivity contribution in [2.45, 2.75) is 75.5 Å². The van der Waals surface area contributed by atoms with Gasteiger partial charge < -0.3 is 35.4 Å². The van der Waals surface area contributed by atoms with Gasteiger partial charge in [-0.3, -0.25) is 14.4 Å². The van der Waals surface area contributed by atoms with Crippen LogP contribution in [0.5, 0.6) is 5.75 Å². The van der Waals surface area contributed by atoms with Crippen molar-refractivity contribution in [1.29, 1.82) is 0 Å². The zero-order valence-corrected chi connectivity index (χ0v) is 30.3. The van der Waals surface area contributed by atoms with Crippen molar-refractivity contribution in [3.05, 3.63) is 83.4 Å². The number of hydrogen-bond acceptors (Lipinski definition) is 7. The number of amides is 3. The molecule has 2 fully saturated rings. The summed E-state index contributed by atoms with van der Waals surface area (Å²) in [5.74, 6) is -0.0412. The van der Waals surface area contributed by atoms with E-state index < -0.39 is 19.8 Å². The van der Waals surface area contributed by atoms with Gasteiger partial charge in [0.2, 0.25) is 11.8 Å². The number of carbonyl (C=O) groups excluding carboxylic acids is 3. The van der Waals surface area contributed by atoms with Crippen molar-refractivity contribution < 1.29 is 29.0 Å². The van der Waals surface area contributed by atoms with Gasteiger partial charge in [0.1, 0.15) is 5.75 Å². The number of fused-ring (bicyclic) bond motifs is 3. The number of benzene rings is 3. The van der Waals surface area contributed by atoms with E-state index in [0.29, 0.717) is 36.4 Å². The summed E-state index contributed by atoms with van der Waals surface area (Å²) >= 11 is 0. The Morgan fingerprint density at radius 2 is 1.86 bits per heavy atom. The lowest BCUT2D eigenvalue weighted by Crippen LogP contribution is -2.52. The van der Waals surface area contributed by atoms with Gasteiger partial charge in [0.15, 0.2) is 5.60 Å². The average molecular weight is 697 g/mol. The molecular weight excluding hydrogens is 649 g/mol. The highest BCUT2D eigenvalue weighted by Crippen LogP contribution is 2.59. The first-order valence-electron chi connectivity index (χ1n) is 17.8. The summed E-state index contributed by atoms with van der Waals surface area (Å²) in [5, 5.41) is 21.0. The fourth-order valence-corrected chi connectivity index (χ4v) is 13.1. The first kappa shape index (κ1) is 34.4. The second kappa shape index (κ2) is 13.6. The summed E-state index contributed by atoms with van der Waals surface area (Å²) in [6, 6.07) is 21.4. The zero-order valence-electron chi connectivity index (χ0n) is 29.3. The third-order valence-electron chi connectivity index (χ3n) is 11.8. The maximum atomic E-state index is 14.4. The minimum absolute atomic E-state index is 0.0418. The predicted octanol–water partition coefficient (Wildman–Crippen LogP) is 4.14. The molecule has 3 aromatic rings. The SMILES string of the molecule is COc1ccc([Si](C)(C)[C@H]2[C@H](CC(=O)N3Cc4ccccc4C[C@H]3CO)O[C@@]3(C(=O)Nc4ccc(NC(=O)C5CCCNC5)cc43)[C@@H]2C)cc1. The molecule has 0 saturated carbocycles. The standard InChI is InChI=1S/C39H48N4O6Si/c1-24-36(50(3,4)31-14-12-30(48-2)13-15-31)34(20-35(45)43-22-27-9-6-5-8-25(27)18-29(43)23-44)49-39(24)32-19-28(11-16-33(32)42-38(39)47)41-37(46)26-10-7-17-40-21-26/h5-6,8-9,11-16,19,24,26,29,34,36,40,44H,7,10,17-18,20-23H2,1-4H3,(H,41,46)(H,42,47)/t24-,26?,29+,34+,36-,39+/m1/s1. The molecule has 11 heteroatoms. The number of aliphatic hydroxyl groups is 1. The van der Waals surface area contributed by atoms with Crippen LogP contribution >= 0.6 is 0 Å². The van der Waals surface area contributed by atoms with Gasteiger partial charge in [0.05, 0.1) is 46.3 Å². The van der Waals surface area contributed by atoms with E-state index in [4.69, 9.17) is 9.47 Å². The third-order valence-corrected chi connectivity index (χ3v) is 16.1. The Hall–Kier alpha value is -4.03. The molecule has 0 radical (unpaired) electrons. The molecule has 0 aliphatic carbocycles. The fraction of sp³-hybridized carbons (Fsp3) is 0.462. The molecule has 50 heavy (non-hydrogen) atoms. The van der Waals surface area contributed by atoms with Gasteiger partial charge in [-0.1, -0.05) is 61.6 Å². The summed E-state index contributed by atoms with van der Waals surface area (Å²) in [5.41, 5.74) is 2.71. The molecule has 0 aromatic heterocycles. The molecule has 3 amide bonds. The molecule has 1 unspecified atom stereocenters. The van der Waals surface area contributed by atoms with Crippen LogP contribution in [0.15, 0.2) is 66.7 Å². The van der Waals surface area contributed by atoms with Crippen molar-refractivity contribution in [3.8, 4) is 5.75 Å². The van der Waals surface area contributed by atoms with Crippen LogP contribution in [0, 0.1) is 11.8 Å². The van der Waals surface area contributed by atoms with Crippen LogP contribution in [0.2, 0.25) is 18.6 Å². The number of nitrogens with one attached hydrogen (secondary N) is 3. The van der Waals surface area contributed by atoms with Gasteiger partial charge in [-0.2, -0.15) is 0 Å². The van der Waals surface area contributed by atoms with Crippen LogP contribution in [0.3, 0.4) is 0 Å². The van der Waals surface area contributed by atoms with Crippen molar-refractivity contribution in [1.82, 2.24) is 10.2 Å². The molecule has 6 atom stereocenters. The molecule has 10 nitrogen and oxygen atoms in total. The first-order valence-corrected chi connectivity index (χ1v) is 20.9. The monoisotopic (exact) mass is 696 g/mol. The molecule has 3 aromatic carbocycles. The Balaban J connectivity index is 1.24. The van der Waals surface area contributed by atoms with Crippen LogP contribution in [0.25, 0.3) is 0 Å². The van der Waals surface area contributed by atoms with Gasteiger partial charge in [-0.05, 0) is 72.8 Å². The normalized spacial score (nSPS) is 27.4. The Labute approximate surface area is 294 Å². The number of piperidine rings is 1. The Morgan fingerprint density at radius 3 is 2.56 bits per heavy atom. The first-order chi connectivity index (χ1) is 24.1. The minimum atomic E-state index is -2.47. The number of nitrogens with zero attached hydrogens (tertiary/aromatic N) is 1. The Kier molecular flexibility index (Phi) is 9.36. The maximum absolute atomic E-state index is 14.4. The maximum Gasteiger partial charge on any atom is 0.261 e. The largest absolute Gasteiger partial charge is 0.497 e. The van der Waals surface area contributed by atoms with E-state index in [-0.39, 0.29) is 54.2 Å². The highest BCUT2D eigenvalue weighted by Gasteiger charge is 2.65. The topological polar surface area (TPSA) is 129 Å². The number of carbonyl (C=O) groups is 3. The summed E-state index contributed by atoms with van der Waals surface area (Å²) in [6.45, 7) is 8.49. The molecule has 7 rings (SSSR count). The van der Waals surface area contributed by atoms with E-state index in [1.54, 1.807) is 12.0 Å². The van der Waals surface area contributed by atoms with Crippen molar-refractivity contribution in [2.24, 2.45) is 11.8 Å². The van der Waals surface area contributed by atoms with E-state index in [9.17, 15) is 19.5 Å². The predicted molar refractivity (Wildman–Crippen MR) is 195 cm³/mol. The number of anilines is 2. The Morgan fingerprint density at radius 1 is 1.10 bits per heavy atom. The molecule has 264 valence electrons. The van der Waals surface area contributed by atoms with Crippen LogP contribution in [0.1, 0.15) is 42.9 Å². The van der Waals surface area contributed by atoms with E-state index >= 15 is 0 Å². The molecule has 4 N–H and O–H groups in total. The van der Waals surface area contributed by atoms with E-state index in [1.165, 1.54) is 5.19 Å². The molecule has 4 heterocycles. The lowest BCUT2D eigenvalue weighted by atomic mass is 9.82. The quantitative estimate of drug-likeness (QED) is 0.261. The summed E-state index contributed by atoms with van der Waals surface area (Å²) in [4.78, 5) is 43.6. The molecule has 0 bridgehead atoms. The lowest BCUT2D eigenvalue weighted by molar-refractivity contribution is -0.149. The molecule has 2 saturated heterocycles. The highest BCUT2D eigenvalue weighted by molar-refractivity contribution is 6.91. The summed E-state index contributed by atoms with van der Waals surface area (Å²) in [7, 11) is -0.825. The van der Waals surface area contributed by atoms with Gasteiger partial charge in [0.25, 0.3) is 5.91 Å².